The van der Waals surface area contributed by atoms with Crippen LogP contribution in [0.5, 0.6) is 0 Å². The van der Waals surface area contributed by atoms with E-state index in [1.807, 2.05) is 4.90 Å². The van der Waals surface area contributed by atoms with E-state index in [1.54, 1.807) is 6.92 Å². The van der Waals surface area contributed by atoms with Gasteiger partial charge in [-0.1, -0.05) is 0 Å². The highest BCUT2D eigenvalue weighted by atomic mass is 16.4. The van der Waals surface area contributed by atoms with Gasteiger partial charge in [-0.15, -0.1) is 0 Å². The molecule has 5 nitrogen and oxygen atoms in total. The first-order valence-electron chi connectivity index (χ1n) is 4.72. The molecule has 1 aliphatic heterocycles. The van der Waals surface area contributed by atoms with E-state index in [4.69, 9.17) is 10.4 Å². The molecule has 0 aromatic heterocycles. The number of hydrogen-bond acceptors (Lipinski definition) is 4. The molecule has 0 spiro atoms. The van der Waals surface area contributed by atoms with Gasteiger partial charge < -0.3 is 10.4 Å². The molecule has 0 aromatic carbocycles. The molecule has 1 saturated heterocycles. The summed E-state index contributed by atoms with van der Waals surface area (Å²) in [6.45, 7) is 4.30. The molecule has 1 fully saturated rings. The highest BCUT2D eigenvalue weighted by Gasteiger charge is 2.28. The van der Waals surface area contributed by atoms with Gasteiger partial charge in [0.15, 0.2) is 0 Å². The van der Waals surface area contributed by atoms with Crippen molar-refractivity contribution in [1.82, 2.24) is 10.2 Å². The molecule has 5 heteroatoms. The highest BCUT2D eigenvalue weighted by molar-refractivity contribution is 5.73. The average Bonchev–Trinajstić information content (AvgIpc) is 2.18. The summed E-state index contributed by atoms with van der Waals surface area (Å²) in [6, 6.07) is 1.63. The predicted molar refractivity (Wildman–Crippen MR) is 50.6 cm³/mol. The zero-order valence-corrected chi connectivity index (χ0v) is 8.23. The molecular weight excluding hydrogens is 182 g/mol. The van der Waals surface area contributed by atoms with Gasteiger partial charge >= 0.3 is 5.97 Å². The molecule has 0 aromatic rings. The molecule has 1 rings (SSSR count). The summed E-state index contributed by atoms with van der Waals surface area (Å²) in [7, 11) is 0. The summed E-state index contributed by atoms with van der Waals surface area (Å²) < 4.78 is 0. The lowest BCUT2D eigenvalue weighted by Crippen LogP contribution is -2.55. The van der Waals surface area contributed by atoms with Crippen LogP contribution in [0.15, 0.2) is 0 Å². The van der Waals surface area contributed by atoms with E-state index in [0.29, 0.717) is 19.6 Å². The van der Waals surface area contributed by atoms with Crippen LogP contribution in [0.4, 0.5) is 0 Å². The van der Waals surface area contributed by atoms with Crippen LogP contribution in [0.3, 0.4) is 0 Å². The Morgan fingerprint density at radius 1 is 1.86 bits per heavy atom. The van der Waals surface area contributed by atoms with Crippen molar-refractivity contribution in [2.45, 2.75) is 13.0 Å². The van der Waals surface area contributed by atoms with Crippen LogP contribution in [0.2, 0.25) is 0 Å². The second kappa shape index (κ2) is 4.94. The maximum Gasteiger partial charge on any atom is 0.322 e. The molecule has 0 saturated carbocycles. The lowest BCUT2D eigenvalue weighted by molar-refractivity contribution is -0.144. The second-order valence-electron chi connectivity index (χ2n) is 3.58. The molecule has 14 heavy (non-hydrogen) atoms. The molecule has 0 amide bonds. The van der Waals surface area contributed by atoms with E-state index in [0.717, 1.165) is 6.54 Å². The van der Waals surface area contributed by atoms with Crippen molar-refractivity contribution >= 4 is 5.97 Å². The predicted octanol–water partition coefficient (Wildman–Crippen LogP) is -0.496. The monoisotopic (exact) mass is 197 g/mol. The van der Waals surface area contributed by atoms with Crippen molar-refractivity contribution in [3.05, 3.63) is 0 Å². The minimum absolute atomic E-state index is 0.116. The summed E-state index contributed by atoms with van der Waals surface area (Å²) in [5.41, 5.74) is 0. The maximum absolute atomic E-state index is 10.9. The number of rotatable bonds is 3. The van der Waals surface area contributed by atoms with Gasteiger partial charge in [0, 0.05) is 26.2 Å². The van der Waals surface area contributed by atoms with E-state index >= 15 is 0 Å². The van der Waals surface area contributed by atoms with Crippen molar-refractivity contribution in [3.8, 4) is 6.07 Å². The van der Waals surface area contributed by atoms with E-state index in [1.165, 1.54) is 0 Å². The number of carboxylic acid groups (broad SMARTS) is 1. The topological polar surface area (TPSA) is 76.4 Å². The lowest BCUT2D eigenvalue weighted by Gasteiger charge is -2.33. The van der Waals surface area contributed by atoms with E-state index in [-0.39, 0.29) is 5.92 Å². The van der Waals surface area contributed by atoms with Crippen molar-refractivity contribution in [1.29, 1.82) is 5.26 Å². The van der Waals surface area contributed by atoms with Gasteiger partial charge in [0.2, 0.25) is 0 Å². The maximum atomic E-state index is 10.9. The average molecular weight is 197 g/mol. The molecule has 1 aliphatic rings. The fraction of sp³-hybridized carbons (Fsp3) is 0.778. The number of aliphatic carboxylic acids is 1. The van der Waals surface area contributed by atoms with Crippen LogP contribution in [0.25, 0.3) is 0 Å². The van der Waals surface area contributed by atoms with Crippen molar-refractivity contribution in [3.63, 3.8) is 0 Å². The third kappa shape index (κ3) is 2.69. The van der Waals surface area contributed by atoms with Crippen LogP contribution in [-0.4, -0.2) is 48.2 Å². The minimum Gasteiger partial charge on any atom is -0.480 e. The number of nitriles is 1. The number of carboxylic acids is 1. The summed E-state index contributed by atoms with van der Waals surface area (Å²) in [6.07, 6.45) is 0. The summed E-state index contributed by atoms with van der Waals surface area (Å²) in [5.74, 6) is -0.933. The quantitative estimate of drug-likeness (QED) is 0.638. The number of hydrogen-bond donors (Lipinski definition) is 2. The van der Waals surface area contributed by atoms with Gasteiger partial charge in [-0.05, 0) is 6.92 Å². The Balaban J connectivity index is 2.55. The zero-order valence-electron chi connectivity index (χ0n) is 8.23. The molecule has 0 radical (unpaired) electrons. The minimum atomic E-state index is -0.817. The van der Waals surface area contributed by atoms with Crippen molar-refractivity contribution in [2.24, 2.45) is 5.92 Å². The third-order valence-corrected chi connectivity index (χ3v) is 2.37. The summed E-state index contributed by atoms with van der Waals surface area (Å²) in [5, 5.41) is 20.6. The lowest BCUT2D eigenvalue weighted by atomic mass is 10.1. The van der Waals surface area contributed by atoms with E-state index < -0.39 is 12.0 Å². The van der Waals surface area contributed by atoms with Crippen LogP contribution in [-0.2, 0) is 4.79 Å². The molecule has 78 valence electrons. The van der Waals surface area contributed by atoms with Gasteiger partial charge in [-0.2, -0.15) is 5.26 Å². The van der Waals surface area contributed by atoms with E-state index in [9.17, 15) is 4.79 Å². The smallest absolute Gasteiger partial charge is 0.322 e. The van der Waals surface area contributed by atoms with E-state index in [2.05, 4.69) is 11.4 Å². The first-order valence-corrected chi connectivity index (χ1v) is 4.72. The Bertz CT molecular complexity index is 249. The van der Waals surface area contributed by atoms with Gasteiger partial charge in [-0.25, -0.2) is 0 Å². The Hall–Kier alpha value is -1.12. The van der Waals surface area contributed by atoms with Gasteiger partial charge in [0.1, 0.15) is 6.04 Å². The SMILES string of the molecule is CC(C#N)CN1CCNCC1C(=O)O. The Labute approximate surface area is 83.3 Å². The van der Waals surface area contributed by atoms with Crippen LogP contribution in [0, 0.1) is 17.2 Å². The number of piperazine rings is 1. The normalized spacial score (nSPS) is 25.3. The van der Waals surface area contributed by atoms with Crippen LogP contribution >= 0.6 is 0 Å². The van der Waals surface area contributed by atoms with Gasteiger partial charge in [0.05, 0.1) is 12.0 Å². The van der Waals surface area contributed by atoms with Gasteiger partial charge in [-0.3, -0.25) is 9.69 Å². The Morgan fingerprint density at radius 2 is 2.57 bits per heavy atom. The van der Waals surface area contributed by atoms with Crippen molar-refractivity contribution < 1.29 is 9.90 Å². The van der Waals surface area contributed by atoms with Crippen LogP contribution in [0.1, 0.15) is 6.92 Å². The molecule has 0 bridgehead atoms. The molecular formula is C9H15N3O2. The molecule has 0 aliphatic carbocycles. The first kappa shape index (κ1) is 11.0. The largest absolute Gasteiger partial charge is 0.480 e. The van der Waals surface area contributed by atoms with Gasteiger partial charge in [0.25, 0.3) is 0 Å². The summed E-state index contributed by atoms with van der Waals surface area (Å²) in [4.78, 5) is 12.7. The molecule has 2 N–H and O–H groups in total. The molecule has 2 unspecified atom stereocenters. The fourth-order valence-corrected chi connectivity index (χ4v) is 1.60. The number of nitrogens with zero attached hydrogens (tertiary/aromatic N) is 2. The summed E-state index contributed by atoms with van der Waals surface area (Å²) >= 11 is 0. The fourth-order valence-electron chi connectivity index (χ4n) is 1.60. The molecule has 2 atom stereocenters. The second-order valence-corrected chi connectivity index (χ2v) is 3.58. The zero-order chi connectivity index (χ0) is 10.6. The Kier molecular flexibility index (Phi) is 3.86. The molecule has 1 heterocycles. The van der Waals surface area contributed by atoms with Crippen LogP contribution < -0.4 is 5.32 Å². The highest BCUT2D eigenvalue weighted by Crippen LogP contribution is 2.07. The third-order valence-electron chi connectivity index (χ3n) is 2.37. The van der Waals surface area contributed by atoms with Crippen molar-refractivity contribution in [2.75, 3.05) is 26.2 Å². The standard InChI is InChI=1S/C9H15N3O2/c1-7(4-10)6-12-3-2-11-5-8(12)9(13)14/h7-8,11H,2-3,5-6H2,1H3,(H,13,14). The Morgan fingerprint density at radius 3 is 3.14 bits per heavy atom. The number of carbonyl (C=O) groups is 1. The number of nitrogens with one attached hydrogen (secondary N) is 1. The first-order chi connectivity index (χ1) is 6.65.